The van der Waals surface area contributed by atoms with E-state index in [-0.39, 0.29) is 5.60 Å². The molecule has 1 unspecified atom stereocenters. The van der Waals surface area contributed by atoms with Crippen LogP contribution in [0.3, 0.4) is 0 Å². The van der Waals surface area contributed by atoms with Gasteiger partial charge in [-0.3, -0.25) is 0 Å². The van der Waals surface area contributed by atoms with E-state index >= 15 is 0 Å². The van der Waals surface area contributed by atoms with E-state index in [0.717, 1.165) is 22.2 Å². The normalized spacial score (nSPS) is 33.0. The van der Waals surface area contributed by atoms with Gasteiger partial charge >= 0.3 is 140 Å². The molecule has 1 aliphatic carbocycles. The van der Waals surface area contributed by atoms with Crippen molar-refractivity contribution in [1.29, 1.82) is 0 Å². The second-order valence-electron chi connectivity index (χ2n) is 5.63. The second kappa shape index (κ2) is 6.30. The van der Waals surface area contributed by atoms with Crippen LogP contribution in [-0.2, 0) is 3.10 Å². The molecule has 2 aliphatic rings. The van der Waals surface area contributed by atoms with E-state index in [9.17, 15) is 0 Å². The Bertz CT molecular complexity index is 536. The molecule has 0 radical (unpaired) electrons. The van der Waals surface area contributed by atoms with E-state index in [4.69, 9.17) is 28.4 Å². The zero-order chi connectivity index (χ0) is 14.9. The summed E-state index contributed by atoms with van der Waals surface area (Å²) in [4.78, 5) is 0. The summed E-state index contributed by atoms with van der Waals surface area (Å²) in [6.07, 6.45) is 7.08. The maximum absolute atomic E-state index is 6.94. The average Bonchev–Trinajstić information content (AvgIpc) is 2.74. The van der Waals surface area contributed by atoms with E-state index in [1.165, 1.54) is 29.3 Å². The van der Waals surface area contributed by atoms with Gasteiger partial charge in [-0.2, -0.15) is 0 Å². The van der Waals surface area contributed by atoms with E-state index in [1.54, 1.807) is 12.6 Å². The van der Waals surface area contributed by atoms with E-state index in [1.807, 2.05) is 24.3 Å². The fourth-order valence-corrected chi connectivity index (χ4v) is 14.0. The first-order valence-corrected chi connectivity index (χ1v) is 14.0. The molecule has 1 heterocycles. The van der Waals surface area contributed by atoms with Crippen molar-refractivity contribution in [3.05, 3.63) is 33.4 Å². The van der Waals surface area contributed by atoms with Gasteiger partial charge in [0.25, 0.3) is 0 Å². The third-order valence-electron chi connectivity index (χ3n) is 4.38. The molecule has 0 bridgehead atoms. The number of hydrogen-bond acceptors (Lipinski definition) is 2. The summed E-state index contributed by atoms with van der Waals surface area (Å²) in [6.45, 7) is 0. The minimum absolute atomic E-state index is 0.166. The third kappa shape index (κ3) is 2.73. The van der Waals surface area contributed by atoms with Gasteiger partial charge in [-0.05, 0) is 0 Å². The van der Waals surface area contributed by atoms with Crippen molar-refractivity contribution in [2.45, 2.75) is 44.1 Å². The summed E-state index contributed by atoms with van der Waals surface area (Å²) in [6, 6.07) is 7.94. The number of methoxy groups -OCH3 is 1. The molecule has 1 spiro atoms. The Morgan fingerprint density at radius 2 is 1.76 bits per heavy atom. The van der Waals surface area contributed by atoms with E-state index in [0.29, 0.717) is 0 Å². The second-order valence-corrected chi connectivity index (χ2v) is 14.6. The molecule has 1 aromatic rings. The molecule has 0 aromatic heterocycles. The van der Waals surface area contributed by atoms with Crippen molar-refractivity contribution in [1.82, 2.24) is 0 Å². The SMILES string of the molecule is COc1ccc([Te]2(Cl)OC3(CCCCCC3)/C2=C\Cl)cc1. The molecule has 1 atom stereocenters. The molecule has 116 valence electrons. The number of hydrogen-bond donors (Lipinski definition) is 0. The van der Waals surface area contributed by atoms with Gasteiger partial charge in [0, 0.05) is 0 Å². The van der Waals surface area contributed by atoms with Gasteiger partial charge in [-0.1, -0.05) is 0 Å². The fraction of sp³-hybridized carbons (Fsp3) is 0.500. The first-order valence-electron chi connectivity index (χ1n) is 7.33. The Labute approximate surface area is 139 Å². The van der Waals surface area contributed by atoms with Crippen molar-refractivity contribution in [3.63, 3.8) is 0 Å². The van der Waals surface area contributed by atoms with Crippen LogP contribution in [0.15, 0.2) is 33.4 Å². The molecule has 21 heavy (non-hydrogen) atoms. The van der Waals surface area contributed by atoms with Gasteiger partial charge in [0.05, 0.1) is 0 Å². The molecular formula is C16H20Cl2O2Te. The number of rotatable bonds is 2. The van der Waals surface area contributed by atoms with Crippen LogP contribution < -0.4 is 8.35 Å². The van der Waals surface area contributed by atoms with Crippen LogP contribution in [0.25, 0.3) is 0 Å². The summed E-state index contributed by atoms with van der Waals surface area (Å²) in [5.41, 5.74) is 1.55. The third-order valence-corrected chi connectivity index (χ3v) is 14.8. The molecule has 0 amide bonds. The predicted molar refractivity (Wildman–Crippen MR) is 89.7 cm³/mol. The van der Waals surface area contributed by atoms with Gasteiger partial charge in [0.2, 0.25) is 0 Å². The molecular weight excluding hydrogens is 423 g/mol. The van der Waals surface area contributed by atoms with Crippen molar-refractivity contribution >= 4 is 41.6 Å². The topological polar surface area (TPSA) is 18.5 Å². The van der Waals surface area contributed by atoms with Gasteiger partial charge in [0.1, 0.15) is 0 Å². The van der Waals surface area contributed by atoms with Crippen LogP contribution in [0.1, 0.15) is 38.5 Å². The summed E-state index contributed by atoms with van der Waals surface area (Å²) >= 11 is 2.99. The van der Waals surface area contributed by atoms with E-state index in [2.05, 4.69) is 0 Å². The molecule has 2 nitrogen and oxygen atoms in total. The minimum atomic E-state index is -3.18. The molecule has 3 rings (SSSR count). The number of ether oxygens (including phenoxy) is 1. The molecule has 5 heteroatoms. The first-order chi connectivity index (χ1) is 10.1. The Kier molecular flexibility index (Phi) is 4.79. The fourth-order valence-electron chi connectivity index (χ4n) is 3.22. The van der Waals surface area contributed by atoms with Crippen LogP contribution in [0.4, 0.5) is 0 Å². The van der Waals surface area contributed by atoms with Crippen LogP contribution in [0.5, 0.6) is 5.75 Å². The van der Waals surface area contributed by atoms with Crippen LogP contribution in [0, 0.1) is 0 Å². The molecule has 2 fully saturated rings. The zero-order valence-corrected chi connectivity index (χ0v) is 16.0. The molecule has 0 N–H and O–H groups in total. The van der Waals surface area contributed by atoms with Crippen LogP contribution in [-0.4, -0.2) is 30.2 Å². The van der Waals surface area contributed by atoms with Gasteiger partial charge in [0.15, 0.2) is 0 Å². The quantitative estimate of drug-likeness (QED) is 0.633. The van der Waals surface area contributed by atoms with Crippen molar-refractivity contribution < 1.29 is 7.84 Å². The Morgan fingerprint density at radius 3 is 2.29 bits per heavy atom. The molecule has 1 aromatic carbocycles. The van der Waals surface area contributed by atoms with Gasteiger partial charge < -0.3 is 0 Å². The molecule has 1 saturated carbocycles. The van der Waals surface area contributed by atoms with Crippen LogP contribution >= 0.6 is 20.6 Å². The molecule has 1 saturated heterocycles. The summed E-state index contributed by atoms with van der Waals surface area (Å²) in [5, 5.41) is 0. The van der Waals surface area contributed by atoms with Crippen molar-refractivity contribution in [2.75, 3.05) is 7.11 Å². The van der Waals surface area contributed by atoms with Crippen molar-refractivity contribution in [2.24, 2.45) is 0 Å². The zero-order valence-electron chi connectivity index (χ0n) is 12.1. The Balaban J connectivity index is 1.88. The van der Waals surface area contributed by atoms with Gasteiger partial charge in [-0.15, -0.1) is 0 Å². The molecule has 1 aliphatic heterocycles. The van der Waals surface area contributed by atoms with Gasteiger partial charge in [-0.25, -0.2) is 0 Å². The predicted octanol–water partition coefficient (Wildman–Crippen LogP) is 4.37. The number of benzene rings is 1. The summed E-state index contributed by atoms with van der Waals surface area (Å²) in [5.74, 6) is 0.835. The Hall–Kier alpha value is 0.0896. The summed E-state index contributed by atoms with van der Waals surface area (Å²) < 4.78 is 14.0. The monoisotopic (exact) mass is 444 g/mol. The maximum atomic E-state index is 6.94. The first kappa shape index (κ1) is 16.0. The van der Waals surface area contributed by atoms with Crippen molar-refractivity contribution in [3.8, 4) is 5.75 Å². The average molecular weight is 443 g/mol. The van der Waals surface area contributed by atoms with Crippen LogP contribution in [0.2, 0.25) is 0 Å². The summed E-state index contributed by atoms with van der Waals surface area (Å²) in [7, 11) is 8.61. The standard InChI is InChI=1S/C16H20Cl2O2Te/c1-19-13-6-8-14(9-7-13)21(18)15(12-17)16(20-21)10-4-2-3-5-11-16/h6-9,12H,2-5,10-11H2,1H3/b15-12+. The Morgan fingerprint density at radius 1 is 1.14 bits per heavy atom. The van der Waals surface area contributed by atoms with E-state index < -0.39 is 17.5 Å². The number of halogens is 2.